The first-order valence-corrected chi connectivity index (χ1v) is 6.95. The van der Waals surface area contributed by atoms with E-state index in [0.29, 0.717) is 0 Å². The Hall–Kier alpha value is -1.74. The third-order valence-corrected chi connectivity index (χ3v) is 3.27. The van der Waals surface area contributed by atoms with Crippen LogP contribution in [-0.2, 0) is 22.3 Å². The van der Waals surface area contributed by atoms with Gasteiger partial charge in [0.15, 0.2) is 0 Å². The van der Waals surface area contributed by atoms with Crippen molar-refractivity contribution < 1.29 is 22.8 Å². The Labute approximate surface area is 123 Å². The Balaban J connectivity index is 2.78. The van der Waals surface area contributed by atoms with Gasteiger partial charge in [0, 0.05) is 12.2 Å². The lowest BCUT2D eigenvalue weighted by molar-refractivity contribution is -0.137. The zero-order valence-corrected chi connectivity index (χ0v) is 11.7. The molecular weight excluding hydrogens is 307 g/mol. The summed E-state index contributed by atoms with van der Waals surface area (Å²) in [6.07, 6.45) is -4.52. The summed E-state index contributed by atoms with van der Waals surface area (Å²) in [6, 6.07) is 3.12. The van der Waals surface area contributed by atoms with E-state index in [2.05, 4.69) is 5.32 Å². The largest absolute Gasteiger partial charge is 0.416 e. The van der Waals surface area contributed by atoms with Gasteiger partial charge in [-0.15, -0.1) is 11.8 Å². The standard InChI is InChI=1S/C12H14F3N3O2S/c13-12(14,15)8-1-7(4-16)2-9(3-8)18-11(20)6-21-5-10(17)19/h1-3H,4-6,16H2,(H2,17,19)(H,18,20). The van der Waals surface area contributed by atoms with Crippen molar-refractivity contribution in [2.45, 2.75) is 12.7 Å². The van der Waals surface area contributed by atoms with Gasteiger partial charge in [0.2, 0.25) is 11.8 Å². The van der Waals surface area contributed by atoms with Crippen molar-refractivity contribution in [1.29, 1.82) is 0 Å². The predicted molar refractivity (Wildman–Crippen MR) is 74.5 cm³/mol. The third kappa shape index (κ3) is 6.05. The number of nitrogens with one attached hydrogen (secondary N) is 1. The average Bonchev–Trinajstić information content (AvgIpc) is 2.36. The number of hydrogen-bond donors (Lipinski definition) is 3. The molecular formula is C12H14F3N3O2S. The van der Waals surface area contributed by atoms with Gasteiger partial charge in [-0.25, -0.2) is 0 Å². The fraction of sp³-hybridized carbons (Fsp3) is 0.333. The molecule has 0 aliphatic heterocycles. The second kappa shape index (κ2) is 7.32. The monoisotopic (exact) mass is 321 g/mol. The number of primary amides is 1. The molecule has 1 aromatic rings. The maximum atomic E-state index is 12.7. The number of rotatable bonds is 6. The number of alkyl halides is 3. The molecule has 0 heterocycles. The van der Waals surface area contributed by atoms with E-state index in [0.717, 1.165) is 23.9 Å². The van der Waals surface area contributed by atoms with Crippen molar-refractivity contribution in [3.05, 3.63) is 29.3 Å². The van der Waals surface area contributed by atoms with Gasteiger partial charge in [-0.3, -0.25) is 9.59 Å². The lowest BCUT2D eigenvalue weighted by Gasteiger charge is -2.12. The number of thioether (sulfide) groups is 1. The van der Waals surface area contributed by atoms with Crippen LogP contribution in [0.4, 0.5) is 18.9 Å². The fourth-order valence-corrected chi connectivity index (χ4v) is 2.05. The van der Waals surface area contributed by atoms with Crippen LogP contribution < -0.4 is 16.8 Å². The Morgan fingerprint density at radius 2 is 1.86 bits per heavy atom. The number of carbonyl (C=O) groups excluding carboxylic acids is 2. The first-order chi connectivity index (χ1) is 9.72. The summed E-state index contributed by atoms with van der Waals surface area (Å²) in [4.78, 5) is 22.1. The second-order valence-electron chi connectivity index (χ2n) is 4.13. The molecule has 0 bridgehead atoms. The van der Waals surface area contributed by atoms with Crippen LogP contribution in [0.5, 0.6) is 0 Å². The number of halogens is 3. The van der Waals surface area contributed by atoms with Crippen LogP contribution in [0.1, 0.15) is 11.1 Å². The van der Waals surface area contributed by atoms with Crippen molar-refractivity contribution in [2.75, 3.05) is 16.8 Å². The highest BCUT2D eigenvalue weighted by molar-refractivity contribution is 8.00. The maximum absolute atomic E-state index is 12.7. The number of amides is 2. The van der Waals surface area contributed by atoms with Gasteiger partial charge >= 0.3 is 6.18 Å². The highest BCUT2D eigenvalue weighted by Crippen LogP contribution is 2.32. The van der Waals surface area contributed by atoms with E-state index in [1.807, 2.05) is 0 Å². The van der Waals surface area contributed by atoms with Crippen molar-refractivity contribution >= 4 is 29.3 Å². The molecule has 5 N–H and O–H groups in total. The maximum Gasteiger partial charge on any atom is 0.416 e. The molecule has 1 aromatic carbocycles. The number of anilines is 1. The van der Waals surface area contributed by atoms with Crippen LogP contribution in [0.2, 0.25) is 0 Å². The zero-order valence-electron chi connectivity index (χ0n) is 10.9. The summed E-state index contributed by atoms with van der Waals surface area (Å²) in [7, 11) is 0. The van der Waals surface area contributed by atoms with Crippen LogP contribution in [0, 0.1) is 0 Å². The second-order valence-corrected chi connectivity index (χ2v) is 5.11. The number of nitrogens with two attached hydrogens (primary N) is 2. The van der Waals surface area contributed by atoms with E-state index in [-0.39, 0.29) is 29.3 Å². The van der Waals surface area contributed by atoms with Crippen molar-refractivity contribution in [1.82, 2.24) is 0 Å². The molecule has 0 aromatic heterocycles. The van der Waals surface area contributed by atoms with Crippen LogP contribution in [0.3, 0.4) is 0 Å². The van der Waals surface area contributed by atoms with E-state index in [4.69, 9.17) is 11.5 Å². The summed E-state index contributed by atoms with van der Waals surface area (Å²) in [5.74, 6) is -1.22. The van der Waals surface area contributed by atoms with Gasteiger partial charge in [-0.1, -0.05) is 0 Å². The number of benzene rings is 1. The van der Waals surface area contributed by atoms with Crippen molar-refractivity contribution in [3.63, 3.8) is 0 Å². The predicted octanol–water partition coefficient (Wildman–Crippen LogP) is 1.32. The van der Waals surface area contributed by atoms with E-state index in [1.165, 1.54) is 6.07 Å². The summed E-state index contributed by atoms with van der Waals surface area (Å²) < 4.78 is 38.1. The van der Waals surface area contributed by atoms with Gasteiger partial charge < -0.3 is 16.8 Å². The molecule has 0 saturated heterocycles. The van der Waals surface area contributed by atoms with Crippen LogP contribution in [0.25, 0.3) is 0 Å². The molecule has 2 amide bonds. The molecule has 9 heteroatoms. The Morgan fingerprint density at radius 3 is 2.38 bits per heavy atom. The first kappa shape index (κ1) is 17.3. The number of hydrogen-bond acceptors (Lipinski definition) is 4. The van der Waals surface area contributed by atoms with Gasteiger partial charge in [0.05, 0.1) is 17.1 Å². The molecule has 0 aliphatic carbocycles. The van der Waals surface area contributed by atoms with Crippen LogP contribution >= 0.6 is 11.8 Å². The molecule has 0 saturated carbocycles. The van der Waals surface area contributed by atoms with E-state index < -0.39 is 23.6 Å². The molecule has 0 unspecified atom stereocenters. The van der Waals surface area contributed by atoms with E-state index >= 15 is 0 Å². The molecule has 21 heavy (non-hydrogen) atoms. The first-order valence-electron chi connectivity index (χ1n) is 5.79. The smallest absolute Gasteiger partial charge is 0.369 e. The topological polar surface area (TPSA) is 98.2 Å². The number of carbonyl (C=O) groups is 2. The summed E-state index contributed by atoms with van der Waals surface area (Å²) in [6.45, 7) is -0.0801. The minimum atomic E-state index is -4.52. The lowest BCUT2D eigenvalue weighted by Crippen LogP contribution is -2.19. The molecule has 5 nitrogen and oxygen atoms in total. The quantitative estimate of drug-likeness (QED) is 0.736. The zero-order chi connectivity index (χ0) is 16.0. The third-order valence-electron chi connectivity index (χ3n) is 2.32. The van der Waals surface area contributed by atoms with Crippen LogP contribution in [-0.4, -0.2) is 23.3 Å². The Kier molecular flexibility index (Phi) is 6.03. The van der Waals surface area contributed by atoms with E-state index in [9.17, 15) is 22.8 Å². The SMILES string of the molecule is NCc1cc(NC(=O)CSCC(N)=O)cc(C(F)(F)F)c1. The van der Waals surface area contributed by atoms with Gasteiger partial charge in [-0.05, 0) is 23.8 Å². The Morgan fingerprint density at radius 1 is 1.19 bits per heavy atom. The molecule has 0 atom stereocenters. The highest BCUT2D eigenvalue weighted by Gasteiger charge is 2.31. The van der Waals surface area contributed by atoms with Crippen molar-refractivity contribution in [3.8, 4) is 0 Å². The highest BCUT2D eigenvalue weighted by atomic mass is 32.2. The molecule has 0 radical (unpaired) electrons. The van der Waals surface area contributed by atoms with Gasteiger partial charge in [0.1, 0.15) is 0 Å². The van der Waals surface area contributed by atoms with Crippen LogP contribution in [0.15, 0.2) is 18.2 Å². The molecule has 0 fully saturated rings. The van der Waals surface area contributed by atoms with Gasteiger partial charge in [-0.2, -0.15) is 13.2 Å². The lowest BCUT2D eigenvalue weighted by atomic mass is 10.1. The molecule has 0 aliphatic rings. The fourth-order valence-electron chi connectivity index (χ4n) is 1.49. The Bertz CT molecular complexity index is 535. The molecule has 1 rings (SSSR count). The van der Waals surface area contributed by atoms with Gasteiger partial charge in [0.25, 0.3) is 0 Å². The molecule has 0 spiro atoms. The van der Waals surface area contributed by atoms with Crippen molar-refractivity contribution in [2.24, 2.45) is 11.5 Å². The summed E-state index contributed by atoms with van der Waals surface area (Å²) >= 11 is 0.975. The van der Waals surface area contributed by atoms with E-state index in [1.54, 1.807) is 0 Å². The average molecular weight is 321 g/mol. The summed E-state index contributed by atoms with van der Waals surface area (Å²) in [5.41, 5.74) is 9.63. The normalized spacial score (nSPS) is 11.2. The minimum Gasteiger partial charge on any atom is -0.369 e. The minimum absolute atomic E-state index is 0.00921. The summed E-state index contributed by atoms with van der Waals surface area (Å²) in [5, 5.41) is 2.34. The molecule has 116 valence electrons.